The minimum Gasteiger partial charge on any atom is -0.461 e. The van der Waals surface area contributed by atoms with Gasteiger partial charge in [0, 0.05) is 0 Å². The number of halogens is 1. The van der Waals surface area contributed by atoms with Crippen LogP contribution in [0, 0.1) is 5.92 Å². The fourth-order valence-corrected chi connectivity index (χ4v) is 1.99. The number of carbonyl (C=O) groups is 1. The van der Waals surface area contributed by atoms with Gasteiger partial charge >= 0.3 is 5.97 Å². The van der Waals surface area contributed by atoms with Gasteiger partial charge in [-0.3, -0.25) is 4.79 Å². The van der Waals surface area contributed by atoms with Crippen LogP contribution in [0.3, 0.4) is 0 Å². The molecule has 0 bridgehead atoms. The minimum absolute atomic E-state index is 0. The zero-order valence-electron chi connectivity index (χ0n) is 9.57. The van der Waals surface area contributed by atoms with E-state index in [-0.39, 0.29) is 24.5 Å². The van der Waals surface area contributed by atoms with E-state index in [1.54, 1.807) is 6.92 Å². The molecule has 0 aromatic rings. The lowest BCUT2D eigenvalue weighted by molar-refractivity contribution is -0.152. The van der Waals surface area contributed by atoms with Crippen molar-refractivity contribution in [3.8, 4) is 0 Å². The predicted octanol–water partition coefficient (Wildman–Crippen LogP) is 2.27. The second-order valence-electron chi connectivity index (χ2n) is 4.33. The molecule has 0 amide bonds. The van der Waals surface area contributed by atoms with E-state index in [1.807, 2.05) is 6.92 Å². The molecule has 1 unspecified atom stereocenters. The van der Waals surface area contributed by atoms with Crippen LogP contribution in [-0.2, 0) is 9.53 Å². The molecule has 3 nitrogen and oxygen atoms in total. The van der Waals surface area contributed by atoms with Gasteiger partial charge in [-0.25, -0.2) is 0 Å². The summed E-state index contributed by atoms with van der Waals surface area (Å²) in [4.78, 5) is 11.2. The standard InChI is InChI=1S/C11H21NO2.ClH/c1-8(12)11(13)14-9(2)10-6-4-3-5-7-10;/h8-10H,3-7,12H2,1-2H3;1H/t8-,9?;/m0./s1. The average molecular weight is 236 g/mol. The molecule has 1 fully saturated rings. The van der Waals surface area contributed by atoms with E-state index in [0.29, 0.717) is 5.92 Å². The minimum atomic E-state index is -0.499. The van der Waals surface area contributed by atoms with Crippen LogP contribution in [0.25, 0.3) is 0 Å². The molecule has 1 saturated carbocycles. The molecular formula is C11H22ClNO2. The van der Waals surface area contributed by atoms with Crippen molar-refractivity contribution < 1.29 is 9.53 Å². The molecule has 0 aliphatic heterocycles. The zero-order chi connectivity index (χ0) is 10.6. The van der Waals surface area contributed by atoms with Crippen LogP contribution >= 0.6 is 12.4 Å². The maximum absolute atomic E-state index is 11.2. The SMILES string of the molecule is CC(OC(=O)[C@H](C)N)C1CCCCC1.Cl. The van der Waals surface area contributed by atoms with E-state index < -0.39 is 6.04 Å². The Hall–Kier alpha value is -0.280. The lowest BCUT2D eigenvalue weighted by atomic mass is 9.86. The van der Waals surface area contributed by atoms with Gasteiger partial charge in [-0.15, -0.1) is 12.4 Å². The van der Waals surface area contributed by atoms with Crippen molar-refractivity contribution in [2.45, 2.75) is 58.1 Å². The second kappa shape index (κ2) is 7.07. The van der Waals surface area contributed by atoms with Crippen molar-refractivity contribution in [3.05, 3.63) is 0 Å². The molecule has 0 spiro atoms. The quantitative estimate of drug-likeness (QED) is 0.764. The van der Waals surface area contributed by atoms with E-state index in [1.165, 1.54) is 32.1 Å². The van der Waals surface area contributed by atoms with Gasteiger partial charge in [0.2, 0.25) is 0 Å². The Morgan fingerprint density at radius 1 is 1.27 bits per heavy atom. The number of carbonyl (C=O) groups excluding carboxylic acids is 1. The molecule has 1 aliphatic carbocycles. The molecule has 0 aromatic carbocycles. The lowest BCUT2D eigenvalue weighted by Crippen LogP contribution is -2.34. The smallest absolute Gasteiger partial charge is 0.322 e. The largest absolute Gasteiger partial charge is 0.461 e. The zero-order valence-corrected chi connectivity index (χ0v) is 10.4. The van der Waals surface area contributed by atoms with Gasteiger partial charge in [-0.2, -0.15) is 0 Å². The number of ether oxygens (including phenoxy) is 1. The van der Waals surface area contributed by atoms with Gasteiger partial charge in [-0.05, 0) is 32.6 Å². The summed E-state index contributed by atoms with van der Waals surface area (Å²) in [6.45, 7) is 3.65. The summed E-state index contributed by atoms with van der Waals surface area (Å²) >= 11 is 0. The summed E-state index contributed by atoms with van der Waals surface area (Å²) in [5.74, 6) is 0.273. The second-order valence-corrected chi connectivity index (χ2v) is 4.33. The summed E-state index contributed by atoms with van der Waals surface area (Å²) in [5.41, 5.74) is 5.44. The third kappa shape index (κ3) is 4.85. The highest BCUT2D eigenvalue weighted by atomic mass is 35.5. The van der Waals surface area contributed by atoms with Crippen LogP contribution in [0.2, 0.25) is 0 Å². The predicted molar refractivity (Wildman–Crippen MR) is 63.0 cm³/mol. The number of hydrogen-bond acceptors (Lipinski definition) is 3. The van der Waals surface area contributed by atoms with Gasteiger partial charge in [0.1, 0.15) is 12.1 Å². The summed E-state index contributed by atoms with van der Waals surface area (Å²) in [6, 6.07) is -0.499. The first-order chi connectivity index (χ1) is 6.61. The van der Waals surface area contributed by atoms with Gasteiger partial charge in [-0.1, -0.05) is 19.3 Å². The van der Waals surface area contributed by atoms with Gasteiger partial charge < -0.3 is 10.5 Å². The summed E-state index contributed by atoms with van der Waals surface area (Å²) < 4.78 is 5.29. The first-order valence-corrected chi connectivity index (χ1v) is 5.57. The van der Waals surface area contributed by atoms with Crippen molar-refractivity contribution >= 4 is 18.4 Å². The Balaban J connectivity index is 0.00000196. The molecule has 0 heterocycles. The van der Waals surface area contributed by atoms with Crippen LogP contribution in [0.4, 0.5) is 0 Å². The van der Waals surface area contributed by atoms with Crippen LogP contribution in [-0.4, -0.2) is 18.1 Å². The normalized spacial score (nSPS) is 21.3. The van der Waals surface area contributed by atoms with E-state index in [9.17, 15) is 4.79 Å². The molecule has 15 heavy (non-hydrogen) atoms. The van der Waals surface area contributed by atoms with E-state index in [4.69, 9.17) is 10.5 Å². The first kappa shape index (κ1) is 14.7. The van der Waals surface area contributed by atoms with Crippen molar-refractivity contribution in [1.29, 1.82) is 0 Å². The van der Waals surface area contributed by atoms with Crippen molar-refractivity contribution in [3.63, 3.8) is 0 Å². The Kier molecular flexibility index (Phi) is 6.94. The number of esters is 1. The van der Waals surface area contributed by atoms with E-state index >= 15 is 0 Å². The highest BCUT2D eigenvalue weighted by Gasteiger charge is 2.23. The van der Waals surface area contributed by atoms with Crippen LogP contribution in [0.5, 0.6) is 0 Å². The molecule has 0 radical (unpaired) electrons. The maximum atomic E-state index is 11.2. The Labute approximate surface area is 98.2 Å². The fraction of sp³-hybridized carbons (Fsp3) is 0.909. The van der Waals surface area contributed by atoms with Crippen LogP contribution < -0.4 is 5.73 Å². The molecule has 2 atom stereocenters. The highest BCUT2D eigenvalue weighted by molar-refractivity contribution is 5.85. The van der Waals surface area contributed by atoms with Gasteiger partial charge in [0.15, 0.2) is 0 Å². The number of rotatable bonds is 3. The summed E-state index contributed by atoms with van der Waals surface area (Å²) in [5, 5.41) is 0. The summed E-state index contributed by atoms with van der Waals surface area (Å²) in [7, 11) is 0. The monoisotopic (exact) mass is 235 g/mol. The van der Waals surface area contributed by atoms with E-state index in [2.05, 4.69) is 0 Å². The lowest BCUT2D eigenvalue weighted by Gasteiger charge is -2.27. The molecule has 2 N–H and O–H groups in total. The molecular weight excluding hydrogens is 214 g/mol. The third-order valence-corrected chi connectivity index (χ3v) is 2.99. The molecule has 90 valence electrons. The van der Waals surface area contributed by atoms with E-state index in [0.717, 1.165) is 0 Å². The number of hydrogen-bond donors (Lipinski definition) is 1. The number of nitrogens with two attached hydrogens (primary N) is 1. The van der Waals surface area contributed by atoms with Crippen molar-refractivity contribution in [2.24, 2.45) is 11.7 Å². The molecule has 1 aliphatic rings. The Morgan fingerprint density at radius 3 is 2.27 bits per heavy atom. The molecule has 0 aromatic heterocycles. The summed E-state index contributed by atoms with van der Waals surface area (Å²) in [6.07, 6.45) is 6.27. The van der Waals surface area contributed by atoms with Crippen molar-refractivity contribution in [1.82, 2.24) is 0 Å². The third-order valence-electron chi connectivity index (χ3n) is 2.99. The van der Waals surface area contributed by atoms with Gasteiger partial charge in [0.05, 0.1) is 0 Å². The molecule has 1 rings (SSSR count). The fourth-order valence-electron chi connectivity index (χ4n) is 1.99. The Bertz CT molecular complexity index is 191. The highest BCUT2D eigenvalue weighted by Crippen LogP contribution is 2.27. The first-order valence-electron chi connectivity index (χ1n) is 5.57. The maximum Gasteiger partial charge on any atom is 0.322 e. The molecule has 0 saturated heterocycles. The van der Waals surface area contributed by atoms with Crippen LogP contribution in [0.15, 0.2) is 0 Å². The van der Waals surface area contributed by atoms with Crippen LogP contribution in [0.1, 0.15) is 46.0 Å². The average Bonchev–Trinajstić information content (AvgIpc) is 2.19. The van der Waals surface area contributed by atoms with Gasteiger partial charge in [0.25, 0.3) is 0 Å². The Morgan fingerprint density at radius 2 is 1.80 bits per heavy atom. The van der Waals surface area contributed by atoms with Crippen molar-refractivity contribution in [2.75, 3.05) is 0 Å². The topological polar surface area (TPSA) is 52.3 Å². The molecule has 4 heteroatoms.